The fourth-order valence-corrected chi connectivity index (χ4v) is 2.78. The lowest BCUT2D eigenvalue weighted by Crippen LogP contribution is -2.43. The largest absolute Gasteiger partial charge is 0.369 e. The van der Waals surface area contributed by atoms with Crippen molar-refractivity contribution in [2.24, 2.45) is 0 Å². The van der Waals surface area contributed by atoms with Crippen LogP contribution in [0.4, 0.5) is 5.69 Å². The quantitative estimate of drug-likeness (QED) is 0.857. The monoisotopic (exact) mass is 274 g/mol. The molecule has 0 atom stereocenters. The van der Waals surface area contributed by atoms with Crippen molar-refractivity contribution in [2.75, 3.05) is 44.2 Å². The molecule has 108 valence electrons. The van der Waals surface area contributed by atoms with Crippen LogP contribution in [0.5, 0.6) is 0 Å². The lowest BCUT2D eigenvalue weighted by atomic mass is 10.1. The SMILES string of the molecule is O=C(NN1CCCC1)c1ccc(N2CCNCC2)cc1. The van der Waals surface area contributed by atoms with E-state index in [1.807, 2.05) is 29.3 Å². The Morgan fingerprint density at radius 2 is 1.65 bits per heavy atom. The Hall–Kier alpha value is -1.59. The van der Waals surface area contributed by atoms with Crippen molar-refractivity contribution in [3.8, 4) is 0 Å². The van der Waals surface area contributed by atoms with Gasteiger partial charge in [0.1, 0.15) is 0 Å². The maximum atomic E-state index is 12.1. The fraction of sp³-hybridized carbons (Fsp3) is 0.533. The van der Waals surface area contributed by atoms with Crippen molar-refractivity contribution in [3.05, 3.63) is 29.8 Å². The van der Waals surface area contributed by atoms with Crippen molar-refractivity contribution in [3.63, 3.8) is 0 Å². The molecule has 1 amide bonds. The van der Waals surface area contributed by atoms with Crippen LogP contribution in [0, 0.1) is 0 Å². The number of amides is 1. The summed E-state index contributed by atoms with van der Waals surface area (Å²) in [6.45, 7) is 6.03. The minimum atomic E-state index is -0.00115. The molecular formula is C15H22N4O. The van der Waals surface area contributed by atoms with E-state index in [4.69, 9.17) is 0 Å². The zero-order valence-corrected chi connectivity index (χ0v) is 11.8. The van der Waals surface area contributed by atoms with Crippen LogP contribution in [-0.4, -0.2) is 50.2 Å². The summed E-state index contributed by atoms with van der Waals surface area (Å²) in [6.07, 6.45) is 2.34. The van der Waals surface area contributed by atoms with E-state index in [0.29, 0.717) is 0 Å². The van der Waals surface area contributed by atoms with Crippen LogP contribution in [0.25, 0.3) is 0 Å². The van der Waals surface area contributed by atoms with Crippen LogP contribution >= 0.6 is 0 Å². The summed E-state index contributed by atoms with van der Waals surface area (Å²) in [7, 11) is 0. The smallest absolute Gasteiger partial charge is 0.265 e. The molecule has 2 fully saturated rings. The normalized spacial score (nSPS) is 20.1. The topological polar surface area (TPSA) is 47.6 Å². The Kier molecular flexibility index (Phi) is 4.18. The van der Waals surface area contributed by atoms with Crippen LogP contribution < -0.4 is 15.6 Å². The summed E-state index contributed by atoms with van der Waals surface area (Å²) < 4.78 is 0. The van der Waals surface area contributed by atoms with Gasteiger partial charge in [0, 0.05) is 50.5 Å². The van der Waals surface area contributed by atoms with Crippen LogP contribution in [0.3, 0.4) is 0 Å². The Morgan fingerprint density at radius 3 is 2.30 bits per heavy atom. The summed E-state index contributed by atoms with van der Waals surface area (Å²) in [6, 6.07) is 7.93. The molecule has 0 saturated carbocycles. The van der Waals surface area contributed by atoms with E-state index in [1.54, 1.807) is 0 Å². The molecule has 1 aromatic carbocycles. The highest BCUT2D eigenvalue weighted by Crippen LogP contribution is 2.16. The van der Waals surface area contributed by atoms with E-state index in [1.165, 1.54) is 18.5 Å². The third kappa shape index (κ3) is 3.11. The molecule has 1 aromatic rings. The molecule has 20 heavy (non-hydrogen) atoms. The molecule has 0 aliphatic carbocycles. The number of carbonyl (C=O) groups is 1. The summed E-state index contributed by atoms with van der Waals surface area (Å²) >= 11 is 0. The zero-order chi connectivity index (χ0) is 13.8. The van der Waals surface area contributed by atoms with Gasteiger partial charge in [0.2, 0.25) is 0 Å². The number of benzene rings is 1. The van der Waals surface area contributed by atoms with Gasteiger partial charge in [0.15, 0.2) is 0 Å². The number of hydrogen-bond donors (Lipinski definition) is 2. The van der Waals surface area contributed by atoms with E-state index >= 15 is 0 Å². The number of nitrogens with zero attached hydrogens (tertiary/aromatic N) is 2. The molecule has 0 unspecified atom stereocenters. The third-order valence-corrected chi connectivity index (χ3v) is 3.98. The number of hydrogen-bond acceptors (Lipinski definition) is 4. The van der Waals surface area contributed by atoms with E-state index in [2.05, 4.69) is 15.6 Å². The number of nitrogens with one attached hydrogen (secondary N) is 2. The average Bonchev–Trinajstić information content (AvgIpc) is 3.01. The van der Waals surface area contributed by atoms with E-state index in [-0.39, 0.29) is 5.91 Å². The Labute approximate surface area is 119 Å². The number of rotatable bonds is 3. The number of hydrazine groups is 1. The zero-order valence-electron chi connectivity index (χ0n) is 11.8. The first kappa shape index (κ1) is 13.4. The van der Waals surface area contributed by atoms with E-state index in [9.17, 15) is 4.79 Å². The predicted molar refractivity (Wildman–Crippen MR) is 79.8 cm³/mol. The molecule has 2 saturated heterocycles. The maximum absolute atomic E-state index is 12.1. The van der Waals surface area contributed by atoms with Gasteiger partial charge >= 0.3 is 0 Å². The Morgan fingerprint density at radius 1 is 1.00 bits per heavy atom. The first-order valence-corrected chi connectivity index (χ1v) is 7.44. The summed E-state index contributed by atoms with van der Waals surface area (Å²) in [5.74, 6) is -0.00115. The van der Waals surface area contributed by atoms with Crippen LogP contribution in [0.15, 0.2) is 24.3 Å². The average molecular weight is 274 g/mol. The molecule has 3 rings (SSSR count). The van der Waals surface area contributed by atoms with Crippen molar-refractivity contribution in [1.29, 1.82) is 0 Å². The Balaban J connectivity index is 1.61. The van der Waals surface area contributed by atoms with Gasteiger partial charge in [-0.1, -0.05) is 0 Å². The van der Waals surface area contributed by atoms with Crippen molar-refractivity contribution >= 4 is 11.6 Å². The Bertz CT molecular complexity index is 447. The van der Waals surface area contributed by atoms with Gasteiger partial charge < -0.3 is 10.2 Å². The van der Waals surface area contributed by atoms with Crippen LogP contribution in [-0.2, 0) is 0 Å². The van der Waals surface area contributed by atoms with Gasteiger partial charge in [-0.25, -0.2) is 5.01 Å². The van der Waals surface area contributed by atoms with Gasteiger partial charge in [-0.05, 0) is 37.1 Å². The van der Waals surface area contributed by atoms with Gasteiger partial charge in [0.25, 0.3) is 5.91 Å². The van der Waals surface area contributed by atoms with E-state index < -0.39 is 0 Å². The molecule has 0 radical (unpaired) electrons. The van der Waals surface area contributed by atoms with Gasteiger partial charge in [0.05, 0.1) is 0 Å². The van der Waals surface area contributed by atoms with Crippen molar-refractivity contribution < 1.29 is 4.79 Å². The second kappa shape index (κ2) is 6.24. The molecule has 0 aromatic heterocycles. The molecule has 5 nitrogen and oxygen atoms in total. The van der Waals surface area contributed by atoms with Crippen LogP contribution in [0.1, 0.15) is 23.2 Å². The molecular weight excluding hydrogens is 252 g/mol. The first-order chi connectivity index (χ1) is 9.83. The van der Waals surface area contributed by atoms with Gasteiger partial charge in [-0.15, -0.1) is 0 Å². The minimum absolute atomic E-state index is 0.00115. The lowest BCUT2D eigenvalue weighted by Gasteiger charge is -2.29. The highest BCUT2D eigenvalue weighted by atomic mass is 16.2. The minimum Gasteiger partial charge on any atom is -0.369 e. The predicted octanol–water partition coefficient (Wildman–Crippen LogP) is 0.837. The second-order valence-corrected chi connectivity index (χ2v) is 5.42. The number of anilines is 1. The fourth-order valence-electron chi connectivity index (χ4n) is 2.78. The lowest BCUT2D eigenvalue weighted by molar-refractivity contribution is 0.0826. The van der Waals surface area contributed by atoms with Gasteiger partial charge in [-0.2, -0.15) is 0 Å². The maximum Gasteiger partial charge on any atom is 0.265 e. The second-order valence-electron chi connectivity index (χ2n) is 5.42. The van der Waals surface area contributed by atoms with Crippen molar-refractivity contribution in [1.82, 2.24) is 15.8 Å². The molecule has 0 spiro atoms. The first-order valence-electron chi connectivity index (χ1n) is 7.44. The molecule has 2 aliphatic rings. The third-order valence-electron chi connectivity index (χ3n) is 3.98. The molecule has 2 aliphatic heterocycles. The number of carbonyl (C=O) groups excluding carboxylic acids is 1. The molecule has 2 heterocycles. The van der Waals surface area contributed by atoms with Crippen LogP contribution in [0.2, 0.25) is 0 Å². The summed E-state index contributed by atoms with van der Waals surface area (Å²) in [4.78, 5) is 14.5. The highest BCUT2D eigenvalue weighted by Gasteiger charge is 2.16. The molecule has 5 heteroatoms. The standard InChI is InChI=1S/C15H22N4O/c20-15(17-19-9-1-2-10-19)13-3-5-14(6-4-13)18-11-7-16-8-12-18/h3-6,16H,1-2,7-12H2,(H,17,20). The molecule has 0 bridgehead atoms. The summed E-state index contributed by atoms with van der Waals surface area (Å²) in [5, 5.41) is 5.35. The summed E-state index contributed by atoms with van der Waals surface area (Å²) in [5.41, 5.74) is 4.90. The molecule has 2 N–H and O–H groups in total. The highest BCUT2D eigenvalue weighted by molar-refractivity contribution is 5.94. The van der Waals surface area contributed by atoms with Gasteiger partial charge in [-0.3, -0.25) is 10.2 Å². The number of piperazine rings is 1. The van der Waals surface area contributed by atoms with E-state index in [0.717, 1.165) is 44.8 Å². The van der Waals surface area contributed by atoms with Crippen molar-refractivity contribution in [2.45, 2.75) is 12.8 Å².